The van der Waals surface area contributed by atoms with E-state index in [1.54, 1.807) is 25.7 Å². The van der Waals surface area contributed by atoms with Gasteiger partial charge in [0.1, 0.15) is 17.9 Å². The van der Waals surface area contributed by atoms with Gasteiger partial charge in [-0.1, -0.05) is 12.1 Å². The van der Waals surface area contributed by atoms with E-state index in [2.05, 4.69) is 10.6 Å². The molecule has 8 heteroatoms. The zero-order chi connectivity index (χ0) is 22.9. The average molecular weight is 434 g/mol. The van der Waals surface area contributed by atoms with E-state index < -0.39 is 11.7 Å². The second-order valence-electron chi connectivity index (χ2n) is 8.74. The molecule has 2 rings (SSSR count). The summed E-state index contributed by atoms with van der Waals surface area (Å²) in [6.07, 6.45) is 1.38. The average Bonchev–Trinajstić information content (AvgIpc) is 2.71. The number of hydrogen-bond donors (Lipinski definition) is 2. The van der Waals surface area contributed by atoms with Crippen molar-refractivity contribution in [2.24, 2.45) is 5.92 Å². The fourth-order valence-electron chi connectivity index (χ4n) is 3.34. The Morgan fingerprint density at radius 2 is 1.71 bits per heavy atom. The normalized spacial score (nSPS) is 14.6. The number of piperidine rings is 1. The fraction of sp³-hybridized carbons (Fsp3) is 0.609. The van der Waals surface area contributed by atoms with Crippen LogP contribution in [-0.4, -0.2) is 61.2 Å². The van der Waals surface area contributed by atoms with E-state index in [0.717, 1.165) is 24.2 Å². The molecule has 1 saturated heterocycles. The molecule has 0 atom stereocenters. The lowest BCUT2D eigenvalue weighted by atomic mass is 9.96. The first-order valence-electron chi connectivity index (χ1n) is 10.9. The minimum atomic E-state index is -0.594. The number of likely N-dealkylation sites (tertiary alicyclic amines) is 1. The molecule has 1 aromatic carbocycles. The Morgan fingerprint density at radius 3 is 2.29 bits per heavy atom. The largest absolute Gasteiger partial charge is 0.494 e. The lowest BCUT2D eigenvalue weighted by molar-refractivity contribution is -0.131. The lowest BCUT2D eigenvalue weighted by Crippen LogP contribution is -2.46. The molecule has 0 bridgehead atoms. The molecule has 1 aromatic rings. The highest BCUT2D eigenvalue weighted by atomic mass is 16.6. The van der Waals surface area contributed by atoms with Crippen LogP contribution in [0.4, 0.5) is 4.79 Å². The zero-order valence-corrected chi connectivity index (χ0v) is 19.0. The highest BCUT2D eigenvalue weighted by Gasteiger charge is 2.24. The van der Waals surface area contributed by atoms with Crippen LogP contribution in [0.25, 0.3) is 0 Å². The van der Waals surface area contributed by atoms with Crippen molar-refractivity contribution in [1.82, 2.24) is 15.5 Å². The first-order valence-corrected chi connectivity index (χ1v) is 10.9. The number of rotatable bonds is 8. The molecule has 1 fully saturated rings. The van der Waals surface area contributed by atoms with Crippen LogP contribution in [0.5, 0.6) is 5.75 Å². The number of carbonyl (C=O) groups excluding carboxylic acids is 3. The van der Waals surface area contributed by atoms with E-state index in [-0.39, 0.29) is 18.4 Å². The summed E-state index contributed by atoms with van der Waals surface area (Å²) in [5.41, 5.74) is 0.349. The van der Waals surface area contributed by atoms with Crippen LogP contribution in [0.2, 0.25) is 0 Å². The highest BCUT2D eigenvalue weighted by molar-refractivity contribution is 5.82. The summed E-state index contributed by atoms with van der Waals surface area (Å²) in [6, 6.07) is 7.55. The molecule has 0 aliphatic carbocycles. The molecular weight excluding hydrogens is 398 g/mol. The Kier molecular flexibility index (Phi) is 9.15. The number of amides is 3. The van der Waals surface area contributed by atoms with Crippen LogP contribution in [0.3, 0.4) is 0 Å². The Labute approximate surface area is 184 Å². The maximum Gasteiger partial charge on any atom is 0.408 e. The molecule has 31 heavy (non-hydrogen) atoms. The fourth-order valence-corrected chi connectivity index (χ4v) is 3.34. The van der Waals surface area contributed by atoms with Gasteiger partial charge in [0, 0.05) is 19.6 Å². The van der Waals surface area contributed by atoms with E-state index in [9.17, 15) is 14.4 Å². The van der Waals surface area contributed by atoms with Crippen molar-refractivity contribution in [3.63, 3.8) is 0 Å². The Morgan fingerprint density at radius 1 is 1.06 bits per heavy atom. The highest BCUT2D eigenvalue weighted by Crippen LogP contribution is 2.17. The number of benzene rings is 1. The molecule has 3 amide bonds. The van der Waals surface area contributed by atoms with Gasteiger partial charge < -0.3 is 25.0 Å². The standard InChI is InChI=1S/C23H35N3O5/c1-5-30-19-8-6-17(7-9-19)14-20(27)24-15-18-10-12-26(13-11-18)21(28)16-25-22(29)31-23(2,3)4/h6-9,18H,5,10-16H2,1-4H3,(H,24,27)(H,25,29). The van der Waals surface area contributed by atoms with Crippen molar-refractivity contribution >= 4 is 17.9 Å². The molecule has 1 aliphatic heterocycles. The summed E-state index contributed by atoms with van der Waals surface area (Å²) in [5, 5.41) is 5.50. The van der Waals surface area contributed by atoms with Crippen LogP contribution < -0.4 is 15.4 Å². The van der Waals surface area contributed by atoms with Gasteiger partial charge in [0.25, 0.3) is 0 Å². The monoisotopic (exact) mass is 433 g/mol. The number of ether oxygens (including phenoxy) is 2. The summed E-state index contributed by atoms with van der Waals surface area (Å²) in [7, 11) is 0. The molecule has 0 aromatic heterocycles. The maximum atomic E-state index is 12.3. The van der Waals surface area contributed by atoms with Gasteiger partial charge in [0.2, 0.25) is 11.8 Å². The quantitative estimate of drug-likeness (QED) is 0.657. The first-order chi connectivity index (χ1) is 14.7. The van der Waals surface area contributed by atoms with Crippen molar-refractivity contribution in [3.05, 3.63) is 29.8 Å². The van der Waals surface area contributed by atoms with E-state index in [1.807, 2.05) is 31.2 Å². The summed E-state index contributed by atoms with van der Waals surface area (Å²) in [6.45, 7) is 9.64. The number of hydrogen-bond acceptors (Lipinski definition) is 5. The number of carbonyl (C=O) groups is 3. The second-order valence-corrected chi connectivity index (χ2v) is 8.74. The van der Waals surface area contributed by atoms with Gasteiger partial charge in [-0.3, -0.25) is 9.59 Å². The molecule has 0 radical (unpaired) electrons. The van der Waals surface area contributed by atoms with Crippen molar-refractivity contribution in [3.8, 4) is 5.75 Å². The smallest absolute Gasteiger partial charge is 0.408 e. The molecule has 2 N–H and O–H groups in total. The third-order valence-corrected chi connectivity index (χ3v) is 4.94. The topological polar surface area (TPSA) is 97.0 Å². The lowest BCUT2D eigenvalue weighted by Gasteiger charge is -2.32. The van der Waals surface area contributed by atoms with E-state index in [1.165, 1.54) is 0 Å². The molecule has 0 unspecified atom stereocenters. The van der Waals surface area contributed by atoms with Crippen LogP contribution in [0.1, 0.15) is 46.1 Å². The molecule has 8 nitrogen and oxygen atoms in total. The van der Waals surface area contributed by atoms with Gasteiger partial charge in [0.05, 0.1) is 13.0 Å². The van der Waals surface area contributed by atoms with Gasteiger partial charge in [0.15, 0.2) is 0 Å². The molecule has 1 aliphatic rings. The number of nitrogens with one attached hydrogen (secondary N) is 2. The SMILES string of the molecule is CCOc1ccc(CC(=O)NCC2CCN(C(=O)CNC(=O)OC(C)(C)C)CC2)cc1. The van der Waals surface area contributed by atoms with Crippen LogP contribution >= 0.6 is 0 Å². The minimum Gasteiger partial charge on any atom is -0.494 e. The molecule has 0 saturated carbocycles. The van der Waals surface area contributed by atoms with Crippen LogP contribution in [-0.2, 0) is 20.7 Å². The third kappa shape index (κ3) is 9.27. The molecule has 172 valence electrons. The van der Waals surface area contributed by atoms with Crippen molar-refractivity contribution in [2.45, 2.75) is 52.6 Å². The number of alkyl carbamates (subject to hydrolysis) is 1. The van der Waals surface area contributed by atoms with Crippen molar-refractivity contribution < 1.29 is 23.9 Å². The summed E-state index contributed by atoms with van der Waals surface area (Å²) < 4.78 is 10.5. The Bertz CT molecular complexity index is 735. The van der Waals surface area contributed by atoms with Crippen LogP contribution in [0.15, 0.2) is 24.3 Å². The maximum absolute atomic E-state index is 12.3. The predicted molar refractivity (Wildman–Crippen MR) is 118 cm³/mol. The number of nitrogens with zero attached hydrogens (tertiary/aromatic N) is 1. The molecule has 1 heterocycles. The van der Waals surface area contributed by atoms with Gasteiger partial charge in [-0.05, 0) is 64.2 Å². The second kappa shape index (κ2) is 11.6. The van der Waals surface area contributed by atoms with Crippen molar-refractivity contribution in [1.29, 1.82) is 0 Å². The predicted octanol–water partition coefficient (Wildman–Crippen LogP) is 2.51. The van der Waals surface area contributed by atoms with E-state index in [4.69, 9.17) is 9.47 Å². The van der Waals surface area contributed by atoms with Gasteiger partial charge in [-0.15, -0.1) is 0 Å². The summed E-state index contributed by atoms with van der Waals surface area (Å²) in [4.78, 5) is 37.9. The van der Waals surface area contributed by atoms with Crippen LogP contribution in [0, 0.1) is 5.92 Å². The van der Waals surface area contributed by atoms with E-state index in [0.29, 0.717) is 38.6 Å². The van der Waals surface area contributed by atoms with Gasteiger partial charge in [-0.2, -0.15) is 0 Å². The Hall–Kier alpha value is -2.77. The Balaban J connectivity index is 1.64. The van der Waals surface area contributed by atoms with Gasteiger partial charge in [-0.25, -0.2) is 4.79 Å². The first kappa shape index (κ1) is 24.5. The summed E-state index contributed by atoms with van der Waals surface area (Å²) >= 11 is 0. The van der Waals surface area contributed by atoms with Gasteiger partial charge >= 0.3 is 6.09 Å². The zero-order valence-electron chi connectivity index (χ0n) is 19.0. The summed E-state index contributed by atoms with van der Waals surface area (Å²) in [5.74, 6) is 1.01. The minimum absolute atomic E-state index is 0.00998. The third-order valence-electron chi connectivity index (χ3n) is 4.94. The molecule has 0 spiro atoms. The van der Waals surface area contributed by atoms with Crippen molar-refractivity contribution in [2.75, 3.05) is 32.8 Å². The molecular formula is C23H35N3O5. The van der Waals surface area contributed by atoms with E-state index >= 15 is 0 Å².